The first-order valence-corrected chi connectivity index (χ1v) is 8.04. The van der Waals surface area contributed by atoms with E-state index < -0.39 is 5.54 Å². The third-order valence-electron chi connectivity index (χ3n) is 3.62. The summed E-state index contributed by atoms with van der Waals surface area (Å²) in [5.41, 5.74) is -0.504. The maximum Gasteiger partial charge on any atom is 0.315 e. The predicted molar refractivity (Wildman–Crippen MR) is 77.0 cm³/mol. The number of aliphatic hydroxyl groups is 1. The van der Waals surface area contributed by atoms with Crippen LogP contribution in [0.15, 0.2) is 0 Å². The average Bonchev–Trinajstić information content (AvgIpc) is 2.76. The van der Waals surface area contributed by atoms with Crippen LogP contribution in [0.3, 0.4) is 0 Å². The summed E-state index contributed by atoms with van der Waals surface area (Å²) in [6.07, 6.45) is 7.14. The summed E-state index contributed by atoms with van der Waals surface area (Å²) in [4.78, 5) is 11.9. The lowest BCUT2D eigenvalue weighted by Gasteiger charge is -2.29. The van der Waals surface area contributed by atoms with E-state index in [0.29, 0.717) is 5.25 Å². The normalized spacial score (nSPS) is 26.7. The molecule has 0 aromatic heterocycles. The largest absolute Gasteiger partial charge is 0.394 e. The fourth-order valence-corrected chi connectivity index (χ4v) is 3.31. The molecule has 0 aromatic carbocycles. The van der Waals surface area contributed by atoms with Gasteiger partial charge < -0.3 is 15.7 Å². The molecule has 1 aliphatic rings. The molecule has 0 radical (unpaired) electrons. The maximum atomic E-state index is 11.9. The Morgan fingerprint density at radius 2 is 2.22 bits per heavy atom. The number of urea groups is 1. The highest BCUT2D eigenvalue weighted by Gasteiger charge is 2.28. The molecule has 2 amide bonds. The second-order valence-corrected chi connectivity index (χ2v) is 6.57. The molecule has 18 heavy (non-hydrogen) atoms. The molecular weight excluding hydrogens is 248 g/mol. The second kappa shape index (κ2) is 7.24. The quantitative estimate of drug-likeness (QED) is 0.695. The van der Waals surface area contributed by atoms with Gasteiger partial charge in [-0.15, -0.1) is 0 Å². The molecular formula is C13H26N2O2S. The van der Waals surface area contributed by atoms with Crippen molar-refractivity contribution in [2.45, 2.75) is 62.8 Å². The summed E-state index contributed by atoms with van der Waals surface area (Å²) in [7, 11) is 0. The fourth-order valence-electron chi connectivity index (χ4n) is 2.51. The molecule has 1 rings (SSSR count). The number of aliphatic hydroxyl groups excluding tert-OH is 1. The van der Waals surface area contributed by atoms with Crippen molar-refractivity contribution in [2.75, 3.05) is 12.9 Å². The number of thioether (sulfide) groups is 1. The van der Waals surface area contributed by atoms with E-state index in [9.17, 15) is 9.90 Å². The van der Waals surface area contributed by atoms with E-state index in [2.05, 4.69) is 16.9 Å². The van der Waals surface area contributed by atoms with Crippen molar-refractivity contribution in [3.05, 3.63) is 0 Å². The maximum absolute atomic E-state index is 11.9. The Morgan fingerprint density at radius 1 is 1.50 bits per heavy atom. The number of nitrogens with one attached hydrogen (secondary N) is 2. The van der Waals surface area contributed by atoms with Gasteiger partial charge in [0.1, 0.15) is 0 Å². The predicted octanol–water partition coefficient (Wildman–Crippen LogP) is 2.12. The molecule has 0 bridgehead atoms. The third kappa shape index (κ3) is 4.69. The molecule has 0 spiro atoms. The van der Waals surface area contributed by atoms with Crippen molar-refractivity contribution in [1.82, 2.24) is 10.6 Å². The highest BCUT2D eigenvalue weighted by atomic mass is 32.2. The van der Waals surface area contributed by atoms with E-state index in [1.165, 1.54) is 6.42 Å². The van der Waals surface area contributed by atoms with E-state index in [1.807, 2.05) is 25.6 Å². The number of carbonyl (C=O) groups excluding carboxylic acids is 1. The number of amides is 2. The molecule has 0 aliphatic heterocycles. The molecule has 5 heteroatoms. The first-order valence-electron chi connectivity index (χ1n) is 6.75. The Kier molecular flexibility index (Phi) is 6.29. The van der Waals surface area contributed by atoms with Crippen LogP contribution >= 0.6 is 11.8 Å². The van der Waals surface area contributed by atoms with Gasteiger partial charge in [0.15, 0.2) is 0 Å². The molecule has 0 saturated heterocycles. The van der Waals surface area contributed by atoms with Crippen LogP contribution in [0.5, 0.6) is 0 Å². The van der Waals surface area contributed by atoms with Crippen LogP contribution in [-0.2, 0) is 0 Å². The summed E-state index contributed by atoms with van der Waals surface area (Å²) in [5.74, 6) is 0. The third-order valence-corrected chi connectivity index (χ3v) is 4.71. The number of rotatable bonds is 6. The van der Waals surface area contributed by atoms with Crippen molar-refractivity contribution < 1.29 is 9.90 Å². The summed E-state index contributed by atoms with van der Waals surface area (Å²) in [6.45, 7) is 3.91. The molecule has 0 heterocycles. The zero-order valence-electron chi connectivity index (χ0n) is 11.7. The number of hydrogen-bond donors (Lipinski definition) is 3. The zero-order valence-corrected chi connectivity index (χ0v) is 12.5. The minimum Gasteiger partial charge on any atom is -0.394 e. The first kappa shape index (κ1) is 15.6. The van der Waals surface area contributed by atoms with Gasteiger partial charge in [-0.2, -0.15) is 11.8 Å². The molecule has 1 saturated carbocycles. The fraction of sp³-hybridized carbons (Fsp3) is 0.923. The van der Waals surface area contributed by atoms with Gasteiger partial charge in [0.25, 0.3) is 0 Å². The topological polar surface area (TPSA) is 61.4 Å². The minimum absolute atomic E-state index is 0.0215. The summed E-state index contributed by atoms with van der Waals surface area (Å²) < 4.78 is 0. The summed E-state index contributed by atoms with van der Waals surface area (Å²) in [6, 6.07) is 0.138. The summed E-state index contributed by atoms with van der Waals surface area (Å²) in [5, 5.41) is 16.0. The van der Waals surface area contributed by atoms with Gasteiger partial charge in [0, 0.05) is 11.3 Å². The van der Waals surface area contributed by atoms with Crippen molar-refractivity contribution in [2.24, 2.45) is 0 Å². The zero-order chi connectivity index (χ0) is 13.6. The van der Waals surface area contributed by atoms with Crippen LogP contribution < -0.4 is 10.6 Å². The molecule has 0 aromatic rings. The van der Waals surface area contributed by atoms with Crippen LogP contribution in [0.1, 0.15) is 46.0 Å². The molecule has 3 N–H and O–H groups in total. The van der Waals surface area contributed by atoms with Crippen LogP contribution in [-0.4, -0.2) is 40.8 Å². The lowest BCUT2D eigenvalue weighted by Crippen LogP contribution is -2.54. The van der Waals surface area contributed by atoms with Crippen molar-refractivity contribution in [3.63, 3.8) is 0 Å². The highest BCUT2D eigenvalue weighted by Crippen LogP contribution is 2.28. The van der Waals surface area contributed by atoms with Gasteiger partial charge in [-0.05, 0) is 38.9 Å². The van der Waals surface area contributed by atoms with E-state index in [-0.39, 0.29) is 18.7 Å². The van der Waals surface area contributed by atoms with Gasteiger partial charge >= 0.3 is 6.03 Å². The Morgan fingerprint density at radius 3 is 2.72 bits per heavy atom. The Hall–Kier alpha value is -0.420. The Labute approximate surface area is 114 Å². The van der Waals surface area contributed by atoms with Gasteiger partial charge in [-0.1, -0.05) is 13.3 Å². The van der Waals surface area contributed by atoms with Gasteiger partial charge in [0.05, 0.1) is 12.1 Å². The van der Waals surface area contributed by atoms with Crippen molar-refractivity contribution >= 4 is 17.8 Å². The lowest BCUT2D eigenvalue weighted by atomic mass is 9.97. The smallest absolute Gasteiger partial charge is 0.315 e. The highest BCUT2D eigenvalue weighted by molar-refractivity contribution is 7.99. The number of hydrogen-bond acceptors (Lipinski definition) is 3. The van der Waals surface area contributed by atoms with Gasteiger partial charge in [-0.3, -0.25) is 0 Å². The van der Waals surface area contributed by atoms with E-state index in [1.54, 1.807) is 0 Å². The Balaban J connectivity index is 2.37. The monoisotopic (exact) mass is 274 g/mol. The Bertz CT molecular complexity index is 276. The summed E-state index contributed by atoms with van der Waals surface area (Å²) >= 11 is 1.88. The molecule has 106 valence electrons. The van der Waals surface area contributed by atoms with Crippen LogP contribution in [0.2, 0.25) is 0 Å². The van der Waals surface area contributed by atoms with E-state index in [0.717, 1.165) is 25.7 Å². The van der Waals surface area contributed by atoms with E-state index >= 15 is 0 Å². The standard InChI is InChI=1S/C13H26N2O2S/c1-4-7-13(2,9-16)15-12(17)14-10-5-6-11(8-10)18-3/h10-11,16H,4-9H2,1-3H3,(H2,14,15,17). The molecule has 1 fully saturated rings. The molecule has 4 nitrogen and oxygen atoms in total. The molecule has 3 unspecified atom stereocenters. The second-order valence-electron chi connectivity index (χ2n) is 5.43. The van der Waals surface area contributed by atoms with Gasteiger partial charge in [-0.25, -0.2) is 4.79 Å². The first-order chi connectivity index (χ1) is 8.53. The van der Waals surface area contributed by atoms with Crippen LogP contribution in [0.4, 0.5) is 4.79 Å². The molecule has 3 atom stereocenters. The SMILES string of the molecule is CCCC(C)(CO)NC(=O)NC1CCC(SC)C1. The van der Waals surface area contributed by atoms with Crippen LogP contribution in [0, 0.1) is 0 Å². The minimum atomic E-state index is -0.504. The van der Waals surface area contributed by atoms with Crippen molar-refractivity contribution in [3.8, 4) is 0 Å². The van der Waals surface area contributed by atoms with Crippen molar-refractivity contribution in [1.29, 1.82) is 0 Å². The molecule has 1 aliphatic carbocycles. The van der Waals surface area contributed by atoms with Crippen LogP contribution in [0.25, 0.3) is 0 Å². The van der Waals surface area contributed by atoms with E-state index in [4.69, 9.17) is 0 Å². The number of carbonyl (C=O) groups is 1. The average molecular weight is 274 g/mol. The lowest BCUT2D eigenvalue weighted by molar-refractivity contribution is 0.162. The van der Waals surface area contributed by atoms with Gasteiger partial charge in [0.2, 0.25) is 0 Å².